The molecule has 3 rings (SSSR count). The number of methoxy groups -OCH3 is 2. The van der Waals surface area contributed by atoms with Crippen molar-refractivity contribution in [3.63, 3.8) is 0 Å². The van der Waals surface area contributed by atoms with E-state index in [4.69, 9.17) is 14.2 Å². The maximum absolute atomic E-state index is 12.4. The van der Waals surface area contributed by atoms with Crippen molar-refractivity contribution in [2.75, 3.05) is 65.1 Å². The van der Waals surface area contributed by atoms with E-state index in [9.17, 15) is 9.59 Å². The van der Waals surface area contributed by atoms with Crippen LogP contribution in [0.2, 0.25) is 0 Å². The molecule has 3 amide bonds. The molecule has 1 aromatic rings. The third kappa shape index (κ3) is 5.74. The Kier molecular flexibility index (Phi) is 7.54. The first-order valence-electron chi connectivity index (χ1n) is 9.97. The summed E-state index contributed by atoms with van der Waals surface area (Å²) in [7, 11) is 3.12. The molecular weight excluding hydrogens is 376 g/mol. The van der Waals surface area contributed by atoms with Crippen molar-refractivity contribution in [1.29, 1.82) is 0 Å². The van der Waals surface area contributed by atoms with Crippen LogP contribution in [0.4, 0.5) is 10.5 Å². The van der Waals surface area contributed by atoms with Crippen LogP contribution in [0.3, 0.4) is 0 Å². The molecule has 0 saturated carbocycles. The molecule has 0 aliphatic carbocycles. The number of benzene rings is 1. The molecule has 2 fully saturated rings. The number of hydrogen-bond donors (Lipinski definition) is 2. The predicted molar refractivity (Wildman–Crippen MR) is 109 cm³/mol. The van der Waals surface area contributed by atoms with Gasteiger partial charge in [-0.15, -0.1) is 0 Å². The number of hydrogen-bond acceptors (Lipinski definition) is 6. The minimum atomic E-state index is -0.237. The molecule has 1 atom stereocenters. The third-order valence-electron chi connectivity index (χ3n) is 5.18. The first kappa shape index (κ1) is 21.2. The number of carbonyl (C=O) groups excluding carboxylic acids is 2. The Morgan fingerprint density at radius 1 is 1.21 bits per heavy atom. The Balaban J connectivity index is 1.43. The monoisotopic (exact) mass is 406 g/mol. The summed E-state index contributed by atoms with van der Waals surface area (Å²) in [6.45, 7) is 5.42. The summed E-state index contributed by atoms with van der Waals surface area (Å²) >= 11 is 0. The standard InChI is InChI=1S/C20H30N4O5/c1-27-17-5-4-16(13-18(17)28-2)24-14-15(12-19(24)25)22-20(26)21-6-3-7-23-8-10-29-11-9-23/h4-5,13,15H,3,6-12,14H2,1-2H3,(H2,21,22,26). The fourth-order valence-electron chi connectivity index (χ4n) is 3.61. The molecule has 2 aliphatic heterocycles. The second-order valence-corrected chi connectivity index (χ2v) is 7.15. The number of nitrogens with zero attached hydrogens (tertiary/aromatic N) is 2. The van der Waals surface area contributed by atoms with E-state index in [2.05, 4.69) is 15.5 Å². The Morgan fingerprint density at radius 3 is 2.69 bits per heavy atom. The number of carbonyl (C=O) groups is 2. The lowest BCUT2D eigenvalue weighted by molar-refractivity contribution is -0.117. The highest BCUT2D eigenvalue weighted by Gasteiger charge is 2.32. The number of urea groups is 1. The van der Waals surface area contributed by atoms with Gasteiger partial charge in [0.25, 0.3) is 0 Å². The van der Waals surface area contributed by atoms with E-state index in [1.807, 2.05) is 6.07 Å². The van der Waals surface area contributed by atoms with Crippen LogP contribution in [0.5, 0.6) is 11.5 Å². The molecule has 2 heterocycles. The van der Waals surface area contributed by atoms with Gasteiger partial charge in [0.05, 0.1) is 33.5 Å². The van der Waals surface area contributed by atoms with Crippen molar-refractivity contribution in [2.24, 2.45) is 0 Å². The second-order valence-electron chi connectivity index (χ2n) is 7.15. The fourth-order valence-corrected chi connectivity index (χ4v) is 3.61. The number of nitrogens with one attached hydrogen (secondary N) is 2. The largest absolute Gasteiger partial charge is 0.493 e. The molecular formula is C20H30N4O5. The highest BCUT2D eigenvalue weighted by Crippen LogP contribution is 2.33. The van der Waals surface area contributed by atoms with Gasteiger partial charge in [0.1, 0.15) is 0 Å². The topological polar surface area (TPSA) is 92.4 Å². The third-order valence-corrected chi connectivity index (χ3v) is 5.18. The molecule has 2 saturated heterocycles. The summed E-state index contributed by atoms with van der Waals surface area (Å²) in [5.74, 6) is 1.14. The molecule has 2 N–H and O–H groups in total. The van der Waals surface area contributed by atoms with Crippen LogP contribution in [0.25, 0.3) is 0 Å². The van der Waals surface area contributed by atoms with E-state index >= 15 is 0 Å². The second kappa shape index (κ2) is 10.3. The lowest BCUT2D eigenvalue weighted by atomic mass is 10.2. The summed E-state index contributed by atoms with van der Waals surface area (Å²) in [4.78, 5) is 28.6. The van der Waals surface area contributed by atoms with Crippen molar-refractivity contribution < 1.29 is 23.8 Å². The molecule has 2 aliphatic rings. The van der Waals surface area contributed by atoms with Gasteiger partial charge >= 0.3 is 6.03 Å². The zero-order valence-electron chi connectivity index (χ0n) is 17.1. The number of ether oxygens (including phenoxy) is 3. The molecule has 0 spiro atoms. The Morgan fingerprint density at radius 2 is 1.97 bits per heavy atom. The number of amides is 3. The van der Waals surface area contributed by atoms with Crippen molar-refractivity contribution in [3.8, 4) is 11.5 Å². The maximum atomic E-state index is 12.4. The van der Waals surface area contributed by atoms with E-state index in [-0.39, 0.29) is 24.4 Å². The summed E-state index contributed by atoms with van der Waals surface area (Å²) in [6, 6.07) is 4.88. The van der Waals surface area contributed by atoms with E-state index in [0.717, 1.165) is 45.0 Å². The van der Waals surface area contributed by atoms with Crippen LogP contribution in [0.15, 0.2) is 18.2 Å². The molecule has 9 nitrogen and oxygen atoms in total. The van der Waals surface area contributed by atoms with E-state index in [1.165, 1.54) is 0 Å². The van der Waals surface area contributed by atoms with Crippen molar-refractivity contribution in [2.45, 2.75) is 18.9 Å². The van der Waals surface area contributed by atoms with Gasteiger partial charge in [-0.2, -0.15) is 0 Å². The minimum absolute atomic E-state index is 0.0326. The summed E-state index contributed by atoms with van der Waals surface area (Å²) in [5.41, 5.74) is 0.725. The van der Waals surface area contributed by atoms with Gasteiger partial charge in [-0.25, -0.2) is 4.79 Å². The van der Waals surface area contributed by atoms with Crippen molar-refractivity contribution >= 4 is 17.6 Å². The normalized spacial score (nSPS) is 19.9. The summed E-state index contributed by atoms with van der Waals surface area (Å²) < 4.78 is 15.9. The fraction of sp³-hybridized carbons (Fsp3) is 0.600. The smallest absolute Gasteiger partial charge is 0.315 e. The molecule has 0 radical (unpaired) electrons. The van der Waals surface area contributed by atoms with Gasteiger partial charge in [-0.3, -0.25) is 9.69 Å². The average Bonchev–Trinajstić information content (AvgIpc) is 3.11. The first-order chi connectivity index (χ1) is 14.1. The van der Waals surface area contributed by atoms with Gasteiger partial charge in [-0.05, 0) is 25.1 Å². The highest BCUT2D eigenvalue weighted by atomic mass is 16.5. The molecule has 1 unspecified atom stereocenters. The minimum Gasteiger partial charge on any atom is -0.493 e. The predicted octanol–water partition coefficient (Wildman–Crippen LogP) is 0.831. The highest BCUT2D eigenvalue weighted by molar-refractivity contribution is 5.97. The zero-order valence-corrected chi connectivity index (χ0v) is 17.1. The van der Waals surface area contributed by atoms with Crippen LogP contribution in [0.1, 0.15) is 12.8 Å². The van der Waals surface area contributed by atoms with Gasteiger partial charge in [0, 0.05) is 44.4 Å². The van der Waals surface area contributed by atoms with Gasteiger partial charge in [0.2, 0.25) is 5.91 Å². The molecule has 9 heteroatoms. The number of anilines is 1. The van der Waals surface area contributed by atoms with E-state index < -0.39 is 0 Å². The number of rotatable bonds is 8. The average molecular weight is 406 g/mol. The van der Waals surface area contributed by atoms with Crippen LogP contribution < -0.4 is 25.0 Å². The number of morpholine rings is 1. The summed E-state index contributed by atoms with van der Waals surface area (Å²) in [6.07, 6.45) is 1.16. The van der Waals surface area contributed by atoms with Crippen LogP contribution in [-0.2, 0) is 9.53 Å². The Labute approximate surface area is 171 Å². The van der Waals surface area contributed by atoms with Gasteiger partial charge < -0.3 is 29.7 Å². The molecule has 1 aromatic carbocycles. The first-order valence-corrected chi connectivity index (χ1v) is 9.97. The SMILES string of the molecule is COc1ccc(N2CC(NC(=O)NCCCN3CCOCC3)CC2=O)cc1OC. The van der Waals surface area contributed by atoms with E-state index in [0.29, 0.717) is 24.6 Å². The lowest BCUT2D eigenvalue weighted by Crippen LogP contribution is -2.44. The van der Waals surface area contributed by atoms with Crippen molar-refractivity contribution in [3.05, 3.63) is 18.2 Å². The van der Waals surface area contributed by atoms with Crippen LogP contribution in [-0.4, -0.2) is 83.0 Å². The Hall–Kier alpha value is -2.52. The van der Waals surface area contributed by atoms with Gasteiger partial charge in [-0.1, -0.05) is 0 Å². The molecule has 0 aromatic heterocycles. The summed E-state index contributed by atoms with van der Waals surface area (Å²) in [5, 5.41) is 5.77. The lowest BCUT2D eigenvalue weighted by Gasteiger charge is -2.26. The molecule has 160 valence electrons. The van der Waals surface area contributed by atoms with Crippen LogP contribution in [0, 0.1) is 0 Å². The molecule has 0 bridgehead atoms. The van der Waals surface area contributed by atoms with Crippen molar-refractivity contribution in [1.82, 2.24) is 15.5 Å². The van der Waals surface area contributed by atoms with E-state index in [1.54, 1.807) is 31.3 Å². The Bertz CT molecular complexity index is 708. The quantitative estimate of drug-likeness (QED) is 0.622. The maximum Gasteiger partial charge on any atom is 0.315 e. The van der Waals surface area contributed by atoms with Crippen LogP contribution >= 0.6 is 0 Å². The molecule has 29 heavy (non-hydrogen) atoms. The van der Waals surface area contributed by atoms with Gasteiger partial charge in [0.15, 0.2) is 11.5 Å². The zero-order chi connectivity index (χ0) is 20.6.